The van der Waals surface area contributed by atoms with Gasteiger partial charge in [-0.15, -0.1) is 11.3 Å². The zero-order valence-corrected chi connectivity index (χ0v) is 12.6. The van der Waals surface area contributed by atoms with E-state index in [-0.39, 0.29) is 11.9 Å². The fourth-order valence-corrected chi connectivity index (χ4v) is 3.35. The van der Waals surface area contributed by atoms with Crippen molar-refractivity contribution in [2.75, 3.05) is 11.9 Å². The second-order valence-corrected chi connectivity index (χ2v) is 5.88. The molecule has 21 heavy (non-hydrogen) atoms. The standard InChI is InChI=1S/C14H17N5OS/c1-10(20)19-7-3-2-4-12(19)11-9-21-14(17-11)18-13-8-15-5-6-16-13/h5-6,8-9,12H,2-4,7H2,1H3,(H,16,17,18)/t12-/m0/s1. The summed E-state index contributed by atoms with van der Waals surface area (Å²) in [7, 11) is 0. The Morgan fingerprint density at radius 1 is 1.43 bits per heavy atom. The lowest BCUT2D eigenvalue weighted by Crippen LogP contribution is -2.37. The Morgan fingerprint density at radius 3 is 3.10 bits per heavy atom. The van der Waals surface area contributed by atoms with E-state index >= 15 is 0 Å². The van der Waals surface area contributed by atoms with E-state index in [1.165, 1.54) is 11.3 Å². The second-order valence-electron chi connectivity index (χ2n) is 5.02. The SMILES string of the molecule is CC(=O)N1CCCC[C@H]1c1csc(Nc2cnccn2)n1. The number of amides is 1. The molecule has 3 heterocycles. The molecule has 0 bridgehead atoms. The predicted molar refractivity (Wildman–Crippen MR) is 81.4 cm³/mol. The Hall–Kier alpha value is -2.02. The van der Waals surface area contributed by atoms with E-state index < -0.39 is 0 Å². The molecule has 1 fully saturated rings. The number of rotatable bonds is 3. The summed E-state index contributed by atoms with van der Waals surface area (Å²) >= 11 is 1.52. The number of piperidine rings is 1. The quantitative estimate of drug-likeness (QED) is 0.944. The van der Waals surface area contributed by atoms with E-state index in [4.69, 9.17) is 0 Å². The van der Waals surface area contributed by atoms with E-state index in [9.17, 15) is 4.79 Å². The van der Waals surface area contributed by atoms with Crippen molar-refractivity contribution in [3.8, 4) is 0 Å². The van der Waals surface area contributed by atoms with Gasteiger partial charge in [0.05, 0.1) is 17.9 Å². The minimum absolute atomic E-state index is 0.102. The molecule has 0 aliphatic carbocycles. The Morgan fingerprint density at radius 2 is 2.33 bits per heavy atom. The van der Waals surface area contributed by atoms with Crippen LogP contribution in [-0.4, -0.2) is 32.3 Å². The van der Waals surface area contributed by atoms with Crippen LogP contribution >= 0.6 is 11.3 Å². The summed E-state index contributed by atoms with van der Waals surface area (Å²) in [5.41, 5.74) is 0.960. The molecule has 2 aromatic rings. The summed E-state index contributed by atoms with van der Waals surface area (Å²) in [6.07, 6.45) is 8.11. The molecule has 0 saturated carbocycles. The van der Waals surface area contributed by atoms with Gasteiger partial charge < -0.3 is 10.2 Å². The normalized spacial score (nSPS) is 18.5. The molecular formula is C14H17N5OS. The largest absolute Gasteiger partial charge is 0.334 e. The van der Waals surface area contributed by atoms with Gasteiger partial charge in [0.2, 0.25) is 5.91 Å². The van der Waals surface area contributed by atoms with Gasteiger partial charge in [-0.05, 0) is 19.3 Å². The van der Waals surface area contributed by atoms with Gasteiger partial charge in [0.1, 0.15) is 0 Å². The summed E-state index contributed by atoms with van der Waals surface area (Å²) in [5.74, 6) is 0.793. The zero-order valence-electron chi connectivity index (χ0n) is 11.8. The molecule has 0 unspecified atom stereocenters. The molecule has 2 aromatic heterocycles. The first-order valence-corrected chi connectivity index (χ1v) is 7.87. The highest BCUT2D eigenvalue weighted by Crippen LogP contribution is 2.33. The average Bonchev–Trinajstić information content (AvgIpc) is 2.96. The van der Waals surface area contributed by atoms with Crippen LogP contribution in [-0.2, 0) is 4.79 Å². The second kappa shape index (κ2) is 6.17. The number of thiazole rings is 1. The van der Waals surface area contributed by atoms with E-state index in [0.29, 0.717) is 5.82 Å². The first-order chi connectivity index (χ1) is 10.2. The highest BCUT2D eigenvalue weighted by atomic mass is 32.1. The number of hydrogen-bond donors (Lipinski definition) is 1. The molecule has 110 valence electrons. The van der Waals surface area contributed by atoms with Crippen LogP contribution in [0.2, 0.25) is 0 Å². The smallest absolute Gasteiger partial charge is 0.220 e. The number of nitrogens with one attached hydrogen (secondary N) is 1. The number of carbonyl (C=O) groups is 1. The number of carbonyl (C=O) groups excluding carboxylic acids is 1. The molecule has 1 atom stereocenters. The molecule has 7 heteroatoms. The first kappa shape index (κ1) is 13.9. The van der Waals surface area contributed by atoms with Gasteiger partial charge in [-0.25, -0.2) is 9.97 Å². The van der Waals surface area contributed by atoms with Crippen molar-refractivity contribution in [1.29, 1.82) is 0 Å². The molecule has 0 spiro atoms. The minimum Gasteiger partial charge on any atom is -0.334 e. The molecular weight excluding hydrogens is 286 g/mol. The van der Waals surface area contributed by atoms with Gasteiger partial charge in [0.15, 0.2) is 10.9 Å². The Bertz CT molecular complexity index is 615. The zero-order chi connectivity index (χ0) is 14.7. The third-order valence-corrected chi connectivity index (χ3v) is 4.34. The van der Waals surface area contributed by atoms with E-state index in [1.54, 1.807) is 25.5 Å². The van der Waals surface area contributed by atoms with Gasteiger partial charge in [-0.2, -0.15) is 0 Å². The monoisotopic (exact) mass is 303 g/mol. The van der Waals surface area contributed by atoms with Crippen molar-refractivity contribution in [2.45, 2.75) is 32.2 Å². The van der Waals surface area contributed by atoms with Crippen molar-refractivity contribution in [3.05, 3.63) is 29.7 Å². The van der Waals surface area contributed by atoms with Crippen LogP contribution in [0, 0.1) is 0 Å². The van der Waals surface area contributed by atoms with E-state index in [1.807, 2.05) is 10.3 Å². The fraction of sp³-hybridized carbons (Fsp3) is 0.429. The summed E-state index contributed by atoms with van der Waals surface area (Å²) in [6, 6.07) is 0.102. The number of likely N-dealkylation sites (tertiary alicyclic amines) is 1. The minimum atomic E-state index is 0.102. The maximum absolute atomic E-state index is 11.7. The number of anilines is 2. The number of hydrogen-bond acceptors (Lipinski definition) is 6. The highest BCUT2D eigenvalue weighted by molar-refractivity contribution is 7.13. The van der Waals surface area contributed by atoms with Crippen LogP contribution in [0.15, 0.2) is 24.0 Å². The summed E-state index contributed by atoms with van der Waals surface area (Å²) < 4.78 is 0. The van der Waals surface area contributed by atoms with Gasteiger partial charge in [0.25, 0.3) is 0 Å². The van der Waals surface area contributed by atoms with Gasteiger partial charge in [0, 0.05) is 31.2 Å². The topological polar surface area (TPSA) is 71.0 Å². The van der Waals surface area contributed by atoms with E-state index in [0.717, 1.165) is 36.6 Å². The fourth-order valence-electron chi connectivity index (χ4n) is 2.59. The van der Waals surface area contributed by atoms with Gasteiger partial charge in [-0.1, -0.05) is 0 Å². The first-order valence-electron chi connectivity index (χ1n) is 7.00. The molecule has 1 aliphatic heterocycles. The number of nitrogens with zero attached hydrogens (tertiary/aromatic N) is 4. The van der Waals surface area contributed by atoms with Crippen molar-refractivity contribution >= 4 is 28.2 Å². The third-order valence-electron chi connectivity index (χ3n) is 3.57. The molecule has 1 aliphatic rings. The van der Waals surface area contributed by atoms with E-state index in [2.05, 4.69) is 20.3 Å². The lowest BCUT2D eigenvalue weighted by molar-refractivity contribution is -0.132. The van der Waals surface area contributed by atoms with Gasteiger partial charge in [-0.3, -0.25) is 9.78 Å². The maximum Gasteiger partial charge on any atom is 0.220 e. The summed E-state index contributed by atoms with van der Waals surface area (Å²) in [6.45, 7) is 2.45. The lowest BCUT2D eigenvalue weighted by atomic mass is 10.00. The summed E-state index contributed by atoms with van der Waals surface area (Å²) in [4.78, 5) is 26.5. The Balaban J connectivity index is 1.76. The lowest BCUT2D eigenvalue weighted by Gasteiger charge is -2.34. The van der Waals surface area contributed by atoms with Crippen LogP contribution in [0.4, 0.5) is 10.9 Å². The van der Waals surface area contributed by atoms with Crippen LogP contribution in [0.3, 0.4) is 0 Å². The molecule has 6 nitrogen and oxygen atoms in total. The molecule has 3 rings (SSSR count). The van der Waals surface area contributed by atoms with Crippen LogP contribution in [0.1, 0.15) is 37.9 Å². The van der Waals surface area contributed by atoms with Crippen molar-refractivity contribution < 1.29 is 4.79 Å². The molecule has 0 aromatic carbocycles. The maximum atomic E-state index is 11.7. The van der Waals surface area contributed by atoms with Crippen molar-refractivity contribution in [2.24, 2.45) is 0 Å². The number of aromatic nitrogens is 3. The van der Waals surface area contributed by atoms with Crippen LogP contribution in [0.25, 0.3) is 0 Å². The highest BCUT2D eigenvalue weighted by Gasteiger charge is 2.27. The van der Waals surface area contributed by atoms with Crippen LogP contribution < -0.4 is 5.32 Å². The van der Waals surface area contributed by atoms with Crippen LogP contribution in [0.5, 0.6) is 0 Å². The molecule has 1 saturated heterocycles. The third kappa shape index (κ3) is 3.18. The molecule has 0 radical (unpaired) electrons. The average molecular weight is 303 g/mol. The molecule has 1 amide bonds. The van der Waals surface area contributed by atoms with Crippen molar-refractivity contribution in [1.82, 2.24) is 19.9 Å². The summed E-state index contributed by atoms with van der Waals surface area (Å²) in [5, 5.41) is 5.93. The Labute approximate surface area is 127 Å². The predicted octanol–water partition coefficient (Wildman–Crippen LogP) is 2.75. The molecule has 1 N–H and O–H groups in total. The Kier molecular flexibility index (Phi) is 4.10. The van der Waals surface area contributed by atoms with Gasteiger partial charge >= 0.3 is 0 Å². The van der Waals surface area contributed by atoms with Crippen molar-refractivity contribution in [3.63, 3.8) is 0 Å².